The van der Waals surface area contributed by atoms with Crippen molar-refractivity contribution in [2.75, 3.05) is 26.7 Å². The molecule has 23 heavy (non-hydrogen) atoms. The number of imidazole rings is 1. The van der Waals surface area contributed by atoms with Gasteiger partial charge >= 0.3 is 0 Å². The van der Waals surface area contributed by atoms with E-state index in [1.807, 2.05) is 31.0 Å². The SMILES string of the molecule is CCOc1cccn2c(C(=O)NC3CN(C)CC3O)c(C)nc12. The Labute approximate surface area is 134 Å². The zero-order valence-electron chi connectivity index (χ0n) is 13.6. The van der Waals surface area contributed by atoms with E-state index in [4.69, 9.17) is 4.74 Å². The highest BCUT2D eigenvalue weighted by Gasteiger charge is 2.31. The fraction of sp³-hybridized carbons (Fsp3) is 0.500. The minimum Gasteiger partial charge on any atom is -0.490 e. The van der Waals surface area contributed by atoms with Crippen LogP contribution in [0, 0.1) is 6.92 Å². The number of rotatable bonds is 4. The average molecular weight is 318 g/mol. The first kappa shape index (κ1) is 15.8. The number of likely N-dealkylation sites (N-methyl/N-ethyl adjacent to an activating group) is 1. The summed E-state index contributed by atoms with van der Waals surface area (Å²) in [5.41, 5.74) is 1.74. The van der Waals surface area contributed by atoms with Gasteiger partial charge in [0.15, 0.2) is 11.4 Å². The molecule has 1 aliphatic heterocycles. The van der Waals surface area contributed by atoms with E-state index in [1.165, 1.54) is 0 Å². The third kappa shape index (κ3) is 2.89. The first-order valence-electron chi connectivity index (χ1n) is 7.79. The number of likely N-dealkylation sites (tertiary alicyclic amines) is 1. The standard InChI is InChI=1S/C16H22N4O3/c1-4-23-13-6-5-7-20-14(10(2)17-15(13)20)16(22)18-11-8-19(3)9-12(11)21/h5-7,11-12,21H,4,8-9H2,1-3H3,(H,18,22). The molecule has 7 nitrogen and oxygen atoms in total. The van der Waals surface area contributed by atoms with E-state index in [9.17, 15) is 9.90 Å². The molecule has 2 atom stereocenters. The number of aliphatic hydroxyl groups excluding tert-OH is 1. The number of hydrogen-bond acceptors (Lipinski definition) is 5. The van der Waals surface area contributed by atoms with Gasteiger partial charge in [0.05, 0.1) is 24.4 Å². The zero-order chi connectivity index (χ0) is 16.6. The molecule has 1 saturated heterocycles. The van der Waals surface area contributed by atoms with Gasteiger partial charge in [0.2, 0.25) is 0 Å². The highest BCUT2D eigenvalue weighted by molar-refractivity contribution is 5.95. The number of ether oxygens (including phenoxy) is 1. The lowest BCUT2D eigenvalue weighted by Gasteiger charge is -2.15. The smallest absolute Gasteiger partial charge is 0.270 e. The molecule has 2 N–H and O–H groups in total. The van der Waals surface area contributed by atoms with Crippen LogP contribution < -0.4 is 10.1 Å². The highest BCUT2D eigenvalue weighted by Crippen LogP contribution is 2.22. The van der Waals surface area contributed by atoms with Crippen LogP contribution in [0.5, 0.6) is 5.75 Å². The van der Waals surface area contributed by atoms with Gasteiger partial charge in [-0.05, 0) is 33.0 Å². The van der Waals surface area contributed by atoms with Crippen LogP contribution >= 0.6 is 0 Å². The summed E-state index contributed by atoms with van der Waals surface area (Å²) in [4.78, 5) is 19.1. The van der Waals surface area contributed by atoms with Crippen LogP contribution in [0.2, 0.25) is 0 Å². The molecule has 124 valence electrons. The van der Waals surface area contributed by atoms with Crippen molar-refractivity contribution in [3.05, 3.63) is 29.7 Å². The molecule has 1 aliphatic rings. The van der Waals surface area contributed by atoms with Gasteiger partial charge in [0, 0.05) is 19.3 Å². The van der Waals surface area contributed by atoms with Gasteiger partial charge < -0.3 is 20.1 Å². The van der Waals surface area contributed by atoms with Crippen molar-refractivity contribution in [2.24, 2.45) is 0 Å². The number of carbonyl (C=O) groups excluding carboxylic acids is 1. The van der Waals surface area contributed by atoms with Crippen molar-refractivity contribution in [3.8, 4) is 5.75 Å². The van der Waals surface area contributed by atoms with Gasteiger partial charge in [-0.3, -0.25) is 9.20 Å². The zero-order valence-corrected chi connectivity index (χ0v) is 13.6. The molecule has 1 fully saturated rings. The molecule has 0 bridgehead atoms. The predicted octanol–water partition coefficient (Wildman–Crippen LogP) is 0.446. The van der Waals surface area contributed by atoms with Crippen LogP contribution in [0.1, 0.15) is 23.1 Å². The first-order valence-corrected chi connectivity index (χ1v) is 7.79. The summed E-state index contributed by atoms with van der Waals surface area (Å²) in [6.07, 6.45) is 1.24. The fourth-order valence-corrected chi connectivity index (χ4v) is 3.05. The van der Waals surface area contributed by atoms with Crippen molar-refractivity contribution >= 4 is 11.6 Å². The topological polar surface area (TPSA) is 79.1 Å². The predicted molar refractivity (Wildman–Crippen MR) is 85.9 cm³/mol. The molecule has 7 heteroatoms. The average Bonchev–Trinajstić information content (AvgIpc) is 2.98. The number of fused-ring (bicyclic) bond motifs is 1. The largest absolute Gasteiger partial charge is 0.490 e. The second-order valence-electron chi connectivity index (χ2n) is 5.91. The molecule has 2 aromatic heterocycles. The molecule has 0 aliphatic carbocycles. The van der Waals surface area contributed by atoms with E-state index >= 15 is 0 Å². The number of aromatic nitrogens is 2. The van der Waals surface area contributed by atoms with Gasteiger partial charge in [0.1, 0.15) is 5.69 Å². The number of amides is 1. The normalized spacial score (nSPS) is 21.7. The number of aliphatic hydroxyl groups is 1. The minimum atomic E-state index is -0.553. The Bertz CT molecular complexity index is 727. The summed E-state index contributed by atoms with van der Waals surface area (Å²) >= 11 is 0. The number of carbonyl (C=O) groups is 1. The number of nitrogens with zero attached hydrogens (tertiary/aromatic N) is 3. The quantitative estimate of drug-likeness (QED) is 0.855. The van der Waals surface area contributed by atoms with Crippen molar-refractivity contribution in [3.63, 3.8) is 0 Å². The lowest BCUT2D eigenvalue weighted by Crippen LogP contribution is -2.43. The lowest BCUT2D eigenvalue weighted by molar-refractivity contribution is 0.0882. The summed E-state index contributed by atoms with van der Waals surface area (Å²) in [5.74, 6) is 0.417. The number of hydrogen-bond donors (Lipinski definition) is 2. The molecular formula is C16H22N4O3. The van der Waals surface area contributed by atoms with Crippen LogP contribution in [0.3, 0.4) is 0 Å². The van der Waals surface area contributed by atoms with Gasteiger partial charge in [-0.25, -0.2) is 4.98 Å². The maximum atomic E-state index is 12.7. The summed E-state index contributed by atoms with van der Waals surface area (Å²) < 4.78 is 7.31. The van der Waals surface area contributed by atoms with E-state index < -0.39 is 6.10 Å². The number of pyridine rings is 1. The van der Waals surface area contributed by atoms with Crippen molar-refractivity contribution in [1.82, 2.24) is 19.6 Å². The molecule has 2 unspecified atom stereocenters. The van der Waals surface area contributed by atoms with E-state index in [1.54, 1.807) is 17.5 Å². The Kier molecular flexibility index (Phi) is 4.23. The van der Waals surface area contributed by atoms with Crippen molar-refractivity contribution in [2.45, 2.75) is 26.0 Å². The monoisotopic (exact) mass is 318 g/mol. The third-order valence-corrected chi connectivity index (χ3v) is 4.09. The Morgan fingerprint density at radius 1 is 1.52 bits per heavy atom. The highest BCUT2D eigenvalue weighted by atomic mass is 16.5. The molecule has 3 heterocycles. The van der Waals surface area contributed by atoms with Crippen LogP contribution in [-0.4, -0.2) is 64.2 Å². The molecule has 1 amide bonds. The third-order valence-electron chi connectivity index (χ3n) is 4.09. The molecule has 0 aromatic carbocycles. The Balaban J connectivity index is 1.91. The maximum absolute atomic E-state index is 12.7. The van der Waals surface area contributed by atoms with Gasteiger partial charge in [0.25, 0.3) is 5.91 Å². The Morgan fingerprint density at radius 2 is 2.30 bits per heavy atom. The second kappa shape index (κ2) is 6.17. The molecule has 0 spiro atoms. The van der Waals surface area contributed by atoms with Gasteiger partial charge in [-0.1, -0.05) is 0 Å². The molecular weight excluding hydrogens is 296 g/mol. The lowest BCUT2D eigenvalue weighted by atomic mass is 10.2. The van der Waals surface area contributed by atoms with Crippen LogP contribution in [0.25, 0.3) is 5.65 Å². The molecule has 0 radical (unpaired) electrons. The maximum Gasteiger partial charge on any atom is 0.270 e. The van der Waals surface area contributed by atoms with Gasteiger partial charge in [-0.2, -0.15) is 0 Å². The van der Waals surface area contributed by atoms with Crippen LogP contribution in [0.4, 0.5) is 0 Å². The summed E-state index contributed by atoms with van der Waals surface area (Å²) in [7, 11) is 1.92. The summed E-state index contributed by atoms with van der Waals surface area (Å²) in [5, 5.41) is 12.9. The van der Waals surface area contributed by atoms with Crippen LogP contribution in [0.15, 0.2) is 18.3 Å². The Morgan fingerprint density at radius 3 is 2.96 bits per heavy atom. The van der Waals surface area contributed by atoms with E-state index in [-0.39, 0.29) is 11.9 Å². The minimum absolute atomic E-state index is 0.233. The van der Waals surface area contributed by atoms with Crippen LogP contribution in [-0.2, 0) is 0 Å². The van der Waals surface area contributed by atoms with E-state index in [0.29, 0.717) is 42.5 Å². The first-order chi connectivity index (χ1) is 11.0. The second-order valence-corrected chi connectivity index (χ2v) is 5.91. The number of aryl methyl sites for hydroxylation is 1. The van der Waals surface area contributed by atoms with E-state index in [0.717, 1.165) is 0 Å². The number of β-amino-alcohol motifs (C(OH)–C–C–N with tert-alkyl or cyclic N) is 1. The van der Waals surface area contributed by atoms with Crippen molar-refractivity contribution in [1.29, 1.82) is 0 Å². The molecule has 0 saturated carbocycles. The molecule has 3 rings (SSSR count). The summed E-state index contributed by atoms with van der Waals surface area (Å²) in [6.45, 7) is 5.44. The van der Waals surface area contributed by atoms with Gasteiger partial charge in [-0.15, -0.1) is 0 Å². The molecule has 2 aromatic rings. The van der Waals surface area contributed by atoms with E-state index in [2.05, 4.69) is 10.3 Å². The Hall–Kier alpha value is -2.12. The van der Waals surface area contributed by atoms with Crippen molar-refractivity contribution < 1.29 is 14.6 Å². The fourth-order valence-electron chi connectivity index (χ4n) is 3.05. The number of nitrogens with one attached hydrogen (secondary N) is 1. The summed E-state index contributed by atoms with van der Waals surface area (Å²) in [6, 6.07) is 3.39.